The zero-order valence-electron chi connectivity index (χ0n) is 13.9. The normalized spacial score (nSPS) is 9.75. The summed E-state index contributed by atoms with van der Waals surface area (Å²) in [5.41, 5.74) is 8.06. The summed E-state index contributed by atoms with van der Waals surface area (Å²) < 4.78 is 10.7. The second kappa shape index (κ2) is 9.67. The van der Waals surface area contributed by atoms with E-state index in [0.29, 0.717) is 36.6 Å². The monoisotopic (exact) mass is 350 g/mol. The van der Waals surface area contributed by atoms with Gasteiger partial charge in [0.25, 0.3) is 0 Å². The summed E-state index contributed by atoms with van der Waals surface area (Å²) in [6, 6.07) is 13.0. The van der Waals surface area contributed by atoms with Crippen LogP contribution in [0.4, 0.5) is 11.4 Å². The maximum Gasteiger partial charge on any atom is 0.224 e. The predicted octanol–water partition coefficient (Wildman–Crippen LogP) is 3.81. The van der Waals surface area contributed by atoms with Gasteiger partial charge in [0, 0.05) is 12.5 Å². The third-order valence-electron chi connectivity index (χ3n) is 3.34. The molecule has 6 heteroatoms. The van der Waals surface area contributed by atoms with Gasteiger partial charge < -0.3 is 20.5 Å². The zero-order valence-corrected chi connectivity index (χ0v) is 14.7. The van der Waals surface area contributed by atoms with Crippen LogP contribution >= 0.6 is 12.4 Å². The number of anilines is 2. The van der Waals surface area contributed by atoms with E-state index in [1.165, 1.54) is 0 Å². The van der Waals surface area contributed by atoms with Crippen molar-refractivity contribution in [2.75, 3.05) is 24.8 Å². The van der Waals surface area contributed by atoms with Crippen molar-refractivity contribution in [2.45, 2.75) is 19.8 Å². The molecule has 2 aromatic carbocycles. The molecule has 0 aliphatic rings. The highest BCUT2D eigenvalue weighted by atomic mass is 35.5. The minimum Gasteiger partial charge on any atom is -0.497 e. The van der Waals surface area contributed by atoms with Gasteiger partial charge in [0.2, 0.25) is 5.91 Å². The smallest absolute Gasteiger partial charge is 0.224 e. The molecule has 0 heterocycles. The Morgan fingerprint density at radius 3 is 2.67 bits per heavy atom. The third-order valence-corrected chi connectivity index (χ3v) is 3.34. The lowest BCUT2D eigenvalue weighted by molar-refractivity contribution is -0.116. The molecular weight excluding hydrogens is 328 g/mol. The van der Waals surface area contributed by atoms with E-state index < -0.39 is 0 Å². The Balaban J connectivity index is 0.00000288. The van der Waals surface area contributed by atoms with Crippen LogP contribution < -0.4 is 20.5 Å². The molecule has 3 N–H and O–H groups in total. The van der Waals surface area contributed by atoms with E-state index in [9.17, 15) is 4.79 Å². The molecule has 0 atom stereocenters. The van der Waals surface area contributed by atoms with Gasteiger partial charge in [0.05, 0.1) is 25.1 Å². The molecule has 0 aliphatic heterocycles. The summed E-state index contributed by atoms with van der Waals surface area (Å²) in [5, 5.41) is 2.79. The van der Waals surface area contributed by atoms with E-state index in [0.717, 1.165) is 11.3 Å². The van der Waals surface area contributed by atoms with E-state index in [-0.39, 0.29) is 18.3 Å². The molecule has 0 aliphatic carbocycles. The van der Waals surface area contributed by atoms with Crippen LogP contribution in [0, 0.1) is 6.92 Å². The number of ether oxygens (including phenoxy) is 2. The summed E-state index contributed by atoms with van der Waals surface area (Å²) in [6.45, 7) is 2.50. The van der Waals surface area contributed by atoms with Crippen LogP contribution in [0.1, 0.15) is 18.4 Å². The molecule has 0 unspecified atom stereocenters. The summed E-state index contributed by atoms with van der Waals surface area (Å²) in [7, 11) is 1.57. The quantitative estimate of drug-likeness (QED) is 0.588. The highest BCUT2D eigenvalue weighted by molar-refractivity contribution is 5.94. The predicted molar refractivity (Wildman–Crippen MR) is 99.2 cm³/mol. The van der Waals surface area contributed by atoms with Crippen LogP contribution in [0.15, 0.2) is 42.5 Å². The number of methoxy groups -OCH3 is 1. The summed E-state index contributed by atoms with van der Waals surface area (Å²) >= 11 is 0. The second-order valence-corrected chi connectivity index (χ2v) is 5.27. The highest BCUT2D eigenvalue weighted by Crippen LogP contribution is 2.24. The lowest BCUT2D eigenvalue weighted by Gasteiger charge is -2.10. The van der Waals surface area contributed by atoms with Crippen molar-refractivity contribution >= 4 is 29.7 Å². The van der Waals surface area contributed by atoms with E-state index in [1.54, 1.807) is 25.3 Å². The van der Waals surface area contributed by atoms with E-state index in [4.69, 9.17) is 15.2 Å². The van der Waals surface area contributed by atoms with Crippen molar-refractivity contribution in [2.24, 2.45) is 0 Å². The van der Waals surface area contributed by atoms with Crippen LogP contribution in [0.2, 0.25) is 0 Å². The van der Waals surface area contributed by atoms with Crippen molar-refractivity contribution in [1.29, 1.82) is 0 Å². The Bertz CT molecular complexity index is 677. The second-order valence-electron chi connectivity index (χ2n) is 5.27. The van der Waals surface area contributed by atoms with Gasteiger partial charge in [-0.2, -0.15) is 0 Å². The first kappa shape index (κ1) is 19.6. The summed E-state index contributed by atoms with van der Waals surface area (Å²) in [5.74, 6) is 1.37. The van der Waals surface area contributed by atoms with E-state index in [2.05, 4.69) is 5.32 Å². The molecule has 0 saturated carbocycles. The van der Waals surface area contributed by atoms with Gasteiger partial charge in [-0.25, -0.2) is 0 Å². The van der Waals surface area contributed by atoms with E-state index in [1.807, 2.05) is 31.2 Å². The van der Waals surface area contributed by atoms with Crippen molar-refractivity contribution in [3.05, 3.63) is 48.0 Å². The molecule has 2 rings (SSSR count). The maximum atomic E-state index is 12.0. The number of nitrogens with one attached hydrogen (secondary N) is 1. The lowest BCUT2D eigenvalue weighted by Crippen LogP contribution is -2.14. The number of hydrogen-bond donors (Lipinski definition) is 2. The van der Waals surface area contributed by atoms with Gasteiger partial charge in [-0.1, -0.05) is 12.1 Å². The van der Waals surface area contributed by atoms with Crippen LogP contribution in [-0.4, -0.2) is 19.6 Å². The Morgan fingerprint density at radius 2 is 1.96 bits per heavy atom. The van der Waals surface area contributed by atoms with Gasteiger partial charge >= 0.3 is 0 Å². The van der Waals surface area contributed by atoms with E-state index >= 15 is 0 Å². The molecule has 0 fully saturated rings. The van der Waals surface area contributed by atoms with Crippen molar-refractivity contribution < 1.29 is 14.3 Å². The molecule has 5 nitrogen and oxygen atoms in total. The zero-order chi connectivity index (χ0) is 16.7. The first-order chi connectivity index (χ1) is 11.1. The van der Waals surface area contributed by atoms with Gasteiger partial charge in [0.15, 0.2) is 0 Å². The standard InChI is InChI=1S/C18H22N2O3.ClH/c1-13-5-3-6-15(11-13)23-10-4-7-18(21)20-17-12-14(22-2)8-9-16(17)19;/h3,5-6,8-9,11-12H,4,7,10,19H2,1-2H3,(H,20,21);1H. The van der Waals surface area contributed by atoms with Crippen LogP contribution in [0.5, 0.6) is 11.5 Å². The molecule has 0 saturated heterocycles. The SMILES string of the molecule is COc1ccc(N)c(NC(=O)CCCOc2cccc(C)c2)c1.Cl. The molecule has 1 amide bonds. The molecule has 0 spiro atoms. The van der Waals surface area contributed by atoms with Crippen molar-refractivity contribution in [3.8, 4) is 11.5 Å². The first-order valence-electron chi connectivity index (χ1n) is 7.51. The van der Waals surface area contributed by atoms with Crippen LogP contribution in [0.3, 0.4) is 0 Å². The number of amides is 1. The number of rotatable bonds is 7. The molecule has 2 aromatic rings. The van der Waals surface area contributed by atoms with Crippen molar-refractivity contribution in [1.82, 2.24) is 0 Å². The molecule has 0 bridgehead atoms. The molecule has 130 valence electrons. The summed E-state index contributed by atoms with van der Waals surface area (Å²) in [4.78, 5) is 12.0. The first-order valence-corrected chi connectivity index (χ1v) is 7.51. The minimum atomic E-state index is -0.0993. The molecular formula is C18H23ClN2O3. The number of carbonyl (C=O) groups is 1. The van der Waals surface area contributed by atoms with Crippen LogP contribution in [0.25, 0.3) is 0 Å². The summed E-state index contributed by atoms with van der Waals surface area (Å²) in [6.07, 6.45) is 0.992. The average molecular weight is 351 g/mol. The maximum absolute atomic E-state index is 12.0. The minimum absolute atomic E-state index is 0. The Labute approximate surface area is 148 Å². The topological polar surface area (TPSA) is 73.6 Å². The Hall–Kier alpha value is -2.40. The van der Waals surface area contributed by atoms with Crippen LogP contribution in [-0.2, 0) is 4.79 Å². The number of carbonyl (C=O) groups excluding carboxylic acids is 1. The largest absolute Gasteiger partial charge is 0.497 e. The van der Waals surface area contributed by atoms with Gasteiger partial charge in [-0.15, -0.1) is 12.4 Å². The van der Waals surface area contributed by atoms with Crippen molar-refractivity contribution in [3.63, 3.8) is 0 Å². The number of hydrogen-bond acceptors (Lipinski definition) is 4. The lowest BCUT2D eigenvalue weighted by atomic mass is 10.2. The Morgan fingerprint density at radius 1 is 1.17 bits per heavy atom. The van der Waals surface area contributed by atoms with Gasteiger partial charge in [0.1, 0.15) is 11.5 Å². The highest BCUT2D eigenvalue weighted by Gasteiger charge is 2.07. The fourth-order valence-electron chi connectivity index (χ4n) is 2.11. The molecule has 24 heavy (non-hydrogen) atoms. The Kier molecular flexibility index (Phi) is 7.92. The fourth-order valence-corrected chi connectivity index (χ4v) is 2.11. The fraction of sp³-hybridized carbons (Fsp3) is 0.278. The van der Waals surface area contributed by atoms with Gasteiger partial charge in [-0.3, -0.25) is 4.79 Å². The number of benzene rings is 2. The van der Waals surface area contributed by atoms with Gasteiger partial charge in [-0.05, 0) is 43.2 Å². The number of nitrogens with two attached hydrogens (primary N) is 1. The third kappa shape index (κ3) is 6.01. The number of nitrogen functional groups attached to an aromatic ring is 1. The molecule has 0 aromatic heterocycles. The molecule has 0 radical (unpaired) electrons. The average Bonchev–Trinajstić information content (AvgIpc) is 2.54. The number of halogens is 1. The number of aryl methyl sites for hydroxylation is 1.